The van der Waals surface area contributed by atoms with Crippen LogP contribution in [0.5, 0.6) is 0 Å². The molecule has 1 rings (SSSR count). The van der Waals surface area contributed by atoms with Crippen LogP contribution in [-0.2, 0) is 4.79 Å². The van der Waals surface area contributed by atoms with Gasteiger partial charge in [0.25, 0.3) is 0 Å². The molecule has 0 aromatic heterocycles. The fourth-order valence-corrected chi connectivity index (χ4v) is 2.19. The minimum Gasteiger partial charge on any atom is -0.478 e. The number of aliphatic hydroxyl groups is 1. The molecule has 1 unspecified atom stereocenters. The van der Waals surface area contributed by atoms with Crippen LogP contribution >= 0.6 is 0 Å². The van der Waals surface area contributed by atoms with Gasteiger partial charge in [-0.3, -0.25) is 0 Å². The fraction of sp³-hybridized carbons (Fsp3) is 0.750. The van der Waals surface area contributed by atoms with Crippen LogP contribution in [0.4, 0.5) is 0 Å². The molecular weight excluding hydrogens is 192 g/mol. The van der Waals surface area contributed by atoms with Crippen molar-refractivity contribution >= 4 is 5.97 Å². The van der Waals surface area contributed by atoms with E-state index in [0.29, 0.717) is 12.0 Å². The number of aliphatic hydroxyl groups excluding tert-OH is 1. The van der Waals surface area contributed by atoms with E-state index in [1.165, 1.54) is 12.8 Å². The first-order valence-electron chi connectivity index (χ1n) is 5.80. The molecule has 0 fully saturated rings. The molecule has 0 aromatic carbocycles. The van der Waals surface area contributed by atoms with Crippen LogP contribution in [-0.4, -0.2) is 22.8 Å². The number of allylic oxidation sites excluding steroid dienone is 1. The van der Waals surface area contributed by atoms with E-state index < -0.39 is 5.97 Å². The van der Waals surface area contributed by atoms with Crippen LogP contribution in [0.2, 0.25) is 0 Å². The number of hydrogen-bond acceptors (Lipinski definition) is 2. The number of hydrogen-bond donors (Lipinski definition) is 2. The number of rotatable bonds is 3. The third-order valence-electron chi connectivity index (χ3n) is 3.04. The molecule has 1 aliphatic carbocycles. The first-order chi connectivity index (χ1) is 7.25. The Balaban J connectivity index is 2.72. The number of carbonyl (C=O) groups is 1. The lowest BCUT2D eigenvalue weighted by molar-refractivity contribution is -0.133. The molecule has 0 saturated heterocycles. The van der Waals surface area contributed by atoms with Crippen molar-refractivity contribution in [3.05, 3.63) is 11.6 Å². The van der Waals surface area contributed by atoms with Gasteiger partial charge in [0.15, 0.2) is 0 Å². The lowest BCUT2D eigenvalue weighted by Crippen LogP contribution is -2.14. The minimum absolute atomic E-state index is 0.0469. The topological polar surface area (TPSA) is 57.5 Å². The molecule has 86 valence electrons. The Bertz CT molecular complexity index is 233. The molecule has 0 radical (unpaired) electrons. The van der Waals surface area contributed by atoms with Crippen molar-refractivity contribution < 1.29 is 15.0 Å². The van der Waals surface area contributed by atoms with Crippen LogP contribution in [0.1, 0.15) is 44.9 Å². The quantitative estimate of drug-likeness (QED) is 0.755. The van der Waals surface area contributed by atoms with Gasteiger partial charge in [-0.05, 0) is 31.6 Å². The van der Waals surface area contributed by atoms with Crippen molar-refractivity contribution in [3.8, 4) is 0 Å². The molecule has 0 aliphatic heterocycles. The van der Waals surface area contributed by atoms with Crippen LogP contribution in [0.25, 0.3) is 0 Å². The van der Waals surface area contributed by atoms with Gasteiger partial charge in [-0.15, -0.1) is 0 Å². The lowest BCUT2D eigenvalue weighted by Gasteiger charge is -2.15. The zero-order valence-corrected chi connectivity index (χ0v) is 9.11. The third-order valence-corrected chi connectivity index (χ3v) is 3.04. The van der Waals surface area contributed by atoms with E-state index in [9.17, 15) is 4.79 Å². The Morgan fingerprint density at radius 1 is 1.33 bits per heavy atom. The zero-order chi connectivity index (χ0) is 11.1. The predicted molar refractivity (Wildman–Crippen MR) is 58.6 cm³/mol. The van der Waals surface area contributed by atoms with E-state index in [1.807, 2.05) is 6.08 Å². The highest BCUT2D eigenvalue weighted by atomic mass is 16.4. The molecule has 1 atom stereocenters. The highest BCUT2D eigenvalue weighted by molar-refractivity contribution is 5.87. The summed E-state index contributed by atoms with van der Waals surface area (Å²) in [4.78, 5) is 11.1. The second-order valence-electron chi connectivity index (χ2n) is 4.17. The molecule has 0 saturated carbocycles. The summed E-state index contributed by atoms with van der Waals surface area (Å²) < 4.78 is 0. The van der Waals surface area contributed by atoms with Crippen LogP contribution in [0, 0.1) is 5.92 Å². The van der Waals surface area contributed by atoms with E-state index in [0.717, 1.165) is 25.7 Å². The van der Waals surface area contributed by atoms with Crippen molar-refractivity contribution in [2.45, 2.75) is 44.9 Å². The zero-order valence-electron chi connectivity index (χ0n) is 9.11. The molecule has 0 heterocycles. The smallest absolute Gasteiger partial charge is 0.331 e. The summed E-state index contributed by atoms with van der Waals surface area (Å²) in [5, 5.41) is 18.0. The molecule has 0 aromatic rings. The number of aliphatic carboxylic acids is 1. The summed E-state index contributed by atoms with van der Waals surface area (Å²) >= 11 is 0. The lowest BCUT2D eigenvalue weighted by atomic mass is 9.90. The summed E-state index contributed by atoms with van der Waals surface area (Å²) in [6.07, 6.45) is 8.74. The average molecular weight is 212 g/mol. The van der Waals surface area contributed by atoms with E-state index in [-0.39, 0.29) is 12.5 Å². The highest BCUT2D eigenvalue weighted by Crippen LogP contribution is 2.25. The molecule has 0 bridgehead atoms. The summed E-state index contributed by atoms with van der Waals surface area (Å²) in [5.74, 6) is -0.763. The largest absolute Gasteiger partial charge is 0.478 e. The van der Waals surface area contributed by atoms with Crippen molar-refractivity contribution in [1.29, 1.82) is 0 Å². The van der Waals surface area contributed by atoms with Gasteiger partial charge in [0.1, 0.15) is 0 Å². The fourth-order valence-electron chi connectivity index (χ4n) is 2.19. The number of carboxylic acid groups (broad SMARTS) is 1. The van der Waals surface area contributed by atoms with Crippen LogP contribution < -0.4 is 0 Å². The maximum atomic E-state index is 11.1. The van der Waals surface area contributed by atoms with Crippen molar-refractivity contribution in [3.63, 3.8) is 0 Å². The molecule has 15 heavy (non-hydrogen) atoms. The SMILES string of the molecule is O=C(O)C1=CCCCCCCC1CCO. The first-order valence-corrected chi connectivity index (χ1v) is 5.80. The summed E-state index contributed by atoms with van der Waals surface area (Å²) in [7, 11) is 0. The van der Waals surface area contributed by atoms with Gasteiger partial charge in [0.2, 0.25) is 0 Å². The summed E-state index contributed by atoms with van der Waals surface area (Å²) in [6.45, 7) is 0.0787. The Kier molecular flexibility index (Phi) is 5.40. The number of carboxylic acids is 1. The Labute approximate surface area is 90.8 Å². The average Bonchev–Trinajstić information content (AvgIpc) is 2.30. The van der Waals surface area contributed by atoms with Gasteiger partial charge < -0.3 is 10.2 Å². The van der Waals surface area contributed by atoms with Gasteiger partial charge >= 0.3 is 5.97 Å². The molecule has 3 nitrogen and oxygen atoms in total. The molecule has 2 N–H and O–H groups in total. The van der Waals surface area contributed by atoms with Gasteiger partial charge in [0.05, 0.1) is 0 Å². The minimum atomic E-state index is -0.810. The van der Waals surface area contributed by atoms with Crippen LogP contribution in [0.15, 0.2) is 11.6 Å². The van der Waals surface area contributed by atoms with E-state index >= 15 is 0 Å². The Hall–Kier alpha value is -0.830. The molecule has 1 aliphatic rings. The van der Waals surface area contributed by atoms with Gasteiger partial charge in [-0.1, -0.05) is 25.3 Å². The third kappa shape index (κ3) is 4.04. The van der Waals surface area contributed by atoms with E-state index in [1.54, 1.807) is 0 Å². The maximum Gasteiger partial charge on any atom is 0.331 e. The van der Waals surface area contributed by atoms with Crippen molar-refractivity contribution in [2.24, 2.45) is 5.92 Å². The second-order valence-corrected chi connectivity index (χ2v) is 4.17. The second kappa shape index (κ2) is 6.62. The normalized spacial score (nSPS) is 23.5. The first kappa shape index (κ1) is 12.2. The van der Waals surface area contributed by atoms with Crippen LogP contribution in [0.3, 0.4) is 0 Å². The van der Waals surface area contributed by atoms with E-state index in [2.05, 4.69) is 0 Å². The molecular formula is C12H20O3. The van der Waals surface area contributed by atoms with Crippen molar-refractivity contribution in [1.82, 2.24) is 0 Å². The Morgan fingerprint density at radius 3 is 2.73 bits per heavy atom. The monoisotopic (exact) mass is 212 g/mol. The standard InChI is InChI=1S/C12H20O3/c13-9-8-10-6-4-2-1-3-5-7-11(10)12(14)15/h7,10,13H,1-6,8-9H2,(H,14,15). The van der Waals surface area contributed by atoms with Gasteiger partial charge in [0, 0.05) is 12.2 Å². The van der Waals surface area contributed by atoms with Gasteiger partial charge in [-0.2, -0.15) is 0 Å². The maximum absolute atomic E-state index is 11.1. The molecule has 0 spiro atoms. The molecule has 0 amide bonds. The van der Waals surface area contributed by atoms with Crippen molar-refractivity contribution in [2.75, 3.05) is 6.61 Å². The summed E-state index contributed by atoms with van der Waals surface area (Å²) in [5.41, 5.74) is 0.519. The van der Waals surface area contributed by atoms with Gasteiger partial charge in [-0.25, -0.2) is 4.79 Å². The summed E-state index contributed by atoms with van der Waals surface area (Å²) in [6, 6.07) is 0. The predicted octanol–water partition coefficient (Wildman–Crippen LogP) is 2.35. The Morgan fingerprint density at radius 2 is 2.07 bits per heavy atom. The highest BCUT2D eigenvalue weighted by Gasteiger charge is 2.20. The molecule has 3 heteroatoms. The van der Waals surface area contributed by atoms with E-state index in [4.69, 9.17) is 10.2 Å².